The summed E-state index contributed by atoms with van der Waals surface area (Å²) in [6.45, 7) is 4.24. The first kappa shape index (κ1) is 13.5. The van der Waals surface area contributed by atoms with Gasteiger partial charge in [0.1, 0.15) is 11.9 Å². The molecule has 19 heavy (non-hydrogen) atoms. The lowest BCUT2D eigenvalue weighted by atomic mass is 10.2. The molecule has 1 aliphatic heterocycles. The molecule has 0 aliphatic carbocycles. The van der Waals surface area contributed by atoms with Crippen LogP contribution in [0.5, 0.6) is 0 Å². The second-order valence-electron chi connectivity index (χ2n) is 4.21. The monoisotopic (exact) mass is 266 g/mol. The quantitative estimate of drug-likeness (QED) is 0.494. The summed E-state index contributed by atoms with van der Waals surface area (Å²) in [6.07, 6.45) is 1.57. The highest BCUT2D eigenvalue weighted by Gasteiger charge is 2.22. The summed E-state index contributed by atoms with van der Waals surface area (Å²) < 4.78 is 5.22. The van der Waals surface area contributed by atoms with Crippen LogP contribution in [0, 0.1) is 0 Å². The number of ether oxygens (including phenoxy) is 1. The molecular formula is C11H18N6O2. The van der Waals surface area contributed by atoms with Gasteiger partial charge in [0, 0.05) is 19.3 Å². The zero-order valence-corrected chi connectivity index (χ0v) is 10.8. The van der Waals surface area contributed by atoms with E-state index in [4.69, 9.17) is 10.6 Å². The van der Waals surface area contributed by atoms with Crippen LogP contribution >= 0.6 is 0 Å². The van der Waals surface area contributed by atoms with Crippen molar-refractivity contribution in [2.75, 3.05) is 37.0 Å². The summed E-state index contributed by atoms with van der Waals surface area (Å²) in [7, 11) is 0. The molecule has 8 nitrogen and oxygen atoms in total. The molecule has 1 atom stereocenters. The van der Waals surface area contributed by atoms with E-state index in [1.165, 1.54) is 0 Å². The van der Waals surface area contributed by atoms with Crippen molar-refractivity contribution in [1.82, 2.24) is 14.9 Å². The zero-order chi connectivity index (χ0) is 13.7. The highest BCUT2D eigenvalue weighted by Crippen LogP contribution is 2.08. The number of aromatic nitrogens is 2. The molecule has 0 radical (unpaired) electrons. The van der Waals surface area contributed by atoms with Gasteiger partial charge >= 0.3 is 0 Å². The minimum Gasteiger partial charge on any atom is -0.378 e. The van der Waals surface area contributed by atoms with Gasteiger partial charge in [-0.25, -0.2) is 10.8 Å². The molecule has 0 bridgehead atoms. The van der Waals surface area contributed by atoms with E-state index in [1.54, 1.807) is 24.1 Å². The molecule has 0 saturated carbocycles. The third kappa shape index (κ3) is 3.52. The molecule has 104 valence electrons. The normalized spacial score (nSPS) is 16.8. The summed E-state index contributed by atoms with van der Waals surface area (Å²) in [4.78, 5) is 22.0. The lowest BCUT2D eigenvalue weighted by Crippen LogP contribution is -2.47. The number of amides is 1. The predicted octanol–water partition coefficient (Wildman–Crippen LogP) is -0.579. The number of carbonyl (C=O) groups excluding carboxylic acids is 1. The SMILES string of the molecule is CC(Nc1ccnc(NN)n1)C(=O)N1CCOCC1. The lowest BCUT2D eigenvalue weighted by molar-refractivity contribution is -0.135. The van der Waals surface area contributed by atoms with Crippen molar-refractivity contribution in [2.24, 2.45) is 5.84 Å². The highest BCUT2D eigenvalue weighted by molar-refractivity contribution is 5.84. The van der Waals surface area contributed by atoms with Crippen LogP contribution in [0.4, 0.5) is 11.8 Å². The zero-order valence-electron chi connectivity index (χ0n) is 10.8. The van der Waals surface area contributed by atoms with Gasteiger partial charge in [-0.15, -0.1) is 0 Å². The molecule has 1 aliphatic rings. The maximum atomic E-state index is 12.2. The van der Waals surface area contributed by atoms with Gasteiger partial charge < -0.3 is 15.0 Å². The maximum Gasteiger partial charge on any atom is 0.244 e. The number of hydrogen-bond donors (Lipinski definition) is 3. The molecule has 1 unspecified atom stereocenters. The summed E-state index contributed by atoms with van der Waals surface area (Å²) in [5.74, 6) is 6.12. The summed E-state index contributed by atoms with van der Waals surface area (Å²) >= 11 is 0. The molecule has 0 spiro atoms. The standard InChI is InChI=1S/C11H18N6O2/c1-8(10(18)17-4-6-19-7-5-17)14-9-2-3-13-11(15-9)16-12/h2-3,8H,4-7,12H2,1H3,(H2,13,14,15,16). The van der Waals surface area contributed by atoms with Crippen LogP contribution in [0.15, 0.2) is 12.3 Å². The van der Waals surface area contributed by atoms with E-state index in [1.807, 2.05) is 0 Å². The van der Waals surface area contributed by atoms with Crippen LogP contribution in [-0.2, 0) is 9.53 Å². The molecule has 2 rings (SSSR count). The number of nitrogen functional groups attached to an aromatic ring is 1. The van der Waals surface area contributed by atoms with E-state index in [2.05, 4.69) is 20.7 Å². The highest BCUT2D eigenvalue weighted by atomic mass is 16.5. The van der Waals surface area contributed by atoms with E-state index in [0.717, 1.165) is 0 Å². The molecule has 1 aromatic rings. The van der Waals surface area contributed by atoms with Gasteiger partial charge in [-0.1, -0.05) is 0 Å². The van der Waals surface area contributed by atoms with Crippen LogP contribution in [0.3, 0.4) is 0 Å². The fourth-order valence-corrected chi connectivity index (χ4v) is 1.85. The van der Waals surface area contributed by atoms with Gasteiger partial charge in [0.25, 0.3) is 0 Å². The fourth-order valence-electron chi connectivity index (χ4n) is 1.85. The molecule has 1 aromatic heterocycles. The Labute approximate surface area is 111 Å². The molecule has 4 N–H and O–H groups in total. The number of nitrogens with zero attached hydrogens (tertiary/aromatic N) is 3. The van der Waals surface area contributed by atoms with Crippen LogP contribution in [-0.4, -0.2) is 53.1 Å². The molecule has 2 heterocycles. The number of carbonyl (C=O) groups is 1. The summed E-state index contributed by atoms with van der Waals surface area (Å²) in [5, 5.41) is 3.03. The van der Waals surface area contributed by atoms with Crippen molar-refractivity contribution >= 4 is 17.7 Å². The van der Waals surface area contributed by atoms with Crippen LogP contribution in [0.25, 0.3) is 0 Å². The lowest BCUT2D eigenvalue weighted by Gasteiger charge is -2.29. The maximum absolute atomic E-state index is 12.2. The Hall–Kier alpha value is -1.93. The van der Waals surface area contributed by atoms with Gasteiger partial charge in [0.05, 0.1) is 13.2 Å². The second-order valence-corrected chi connectivity index (χ2v) is 4.21. The van der Waals surface area contributed by atoms with Crippen molar-refractivity contribution in [3.05, 3.63) is 12.3 Å². The number of rotatable bonds is 4. The average molecular weight is 266 g/mol. The Kier molecular flexibility index (Phi) is 4.48. The third-order valence-electron chi connectivity index (χ3n) is 2.84. The Balaban J connectivity index is 1.95. The summed E-state index contributed by atoms with van der Waals surface area (Å²) in [5.41, 5.74) is 2.36. The average Bonchev–Trinajstić information content (AvgIpc) is 2.47. The Morgan fingerprint density at radius 2 is 2.26 bits per heavy atom. The number of anilines is 2. The minimum atomic E-state index is -0.362. The topological polar surface area (TPSA) is 105 Å². The van der Waals surface area contributed by atoms with Gasteiger partial charge in [-0.05, 0) is 13.0 Å². The van der Waals surface area contributed by atoms with Gasteiger partial charge in [-0.3, -0.25) is 10.2 Å². The first-order chi connectivity index (χ1) is 9.20. The number of hydrazine groups is 1. The van der Waals surface area contributed by atoms with E-state index in [9.17, 15) is 4.79 Å². The first-order valence-electron chi connectivity index (χ1n) is 6.13. The number of morpholine rings is 1. The van der Waals surface area contributed by atoms with Crippen molar-refractivity contribution in [2.45, 2.75) is 13.0 Å². The third-order valence-corrected chi connectivity index (χ3v) is 2.84. The van der Waals surface area contributed by atoms with Crippen molar-refractivity contribution in [1.29, 1.82) is 0 Å². The summed E-state index contributed by atoms with van der Waals surface area (Å²) in [6, 6.07) is 1.32. The fraction of sp³-hybridized carbons (Fsp3) is 0.545. The van der Waals surface area contributed by atoms with Crippen molar-refractivity contribution in [3.63, 3.8) is 0 Å². The molecule has 1 amide bonds. The Morgan fingerprint density at radius 1 is 1.53 bits per heavy atom. The number of nitrogens with two attached hydrogens (primary N) is 1. The van der Waals surface area contributed by atoms with Crippen LogP contribution in [0.1, 0.15) is 6.92 Å². The molecule has 1 saturated heterocycles. The van der Waals surface area contributed by atoms with Gasteiger partial charge in [-0.2, -0.15) is 4.98 Å². The Morgan fingerprint density at radius 3 is 2.95 bits per heavy atom. The van der Waals surface area contributed by atoms with E-state index >= 15 is 0 Å². The van der Waals surface area contributed by atoms with E-state index in [-0.39, 0.29) is 11.9 Å². The number of hydrogen-bond acceptors (Lipinski definition) is 7. The van der Waals surface area contributed by atoms with Gasteiger partial charge in [0.2, 0.25) is 11.9 Å². The Bertz CT molecular complexity index is 435. The largest absolute Gasteiger partial charge is 0.378 e. The molecule has 0 aromatic carbocycles. The van der Waals surface area contributed by atoms with Gasteiger partial charge in [0.15, 0.2) is 0 Å². The van der Waals surface area contributed by atoms with E-state index in [0.29, 0.717) is 38.1 Å². The van der Waals surface area contributed by atoms with Crippen LogP contribution < -0.4 is 16.6 Å². The van der Waals surface area contributed by atoms with Crippen molar-refractivity contribution in [3.8, 4) is 0 Å². The van der Waals surface area contributed by atoms with Crippen molar-refractivity contribution < 1.29 is 9.53 Å². The van der Waals surface area contributed by atoms with E-state index < -0.39 is 0 Å². The molecule has 8 heteroatoms. The second kappa shape index (κ2) is 6.30. The first-order valence-corrected chi connectivity index (χ1v) is 6.13. The predicted molar refractivity (Wildman–Crippen MR) is 70.3 cm³/mol. The van der Waals surface area contributed by atoms with Crippen LogP contribution in [0.2, 0.25) is 0 Å². The minimum absolute atomic E-state index is 0.0316. The molecular weight excluding hydrogens is 248 g/mol. The molecule has 1 fully saturated rings. The smallest absolute Gasteiger partial charge is 0.244 e. The number of nitrogens with one attached hydrogen (secondary N) is 2.